The Hall–Kier alpha value is -3.10. The second-order valence-corrected chi connectivity index (χ2v) is 9.64. The van der Waals surface area contributed by atoms with E-state index in [2.05, 4.69) is 25.2 Å². The van der Waals surface area contributed by atoms with Gasteiger partial charge in [-0.15, -0.1) is 0 Å². The van der Waals surface area contributed by atoms with Crippen LogP contribution in [-0.4, -0.2) is 52.1 Å². The second kappa shape index (κ2) is 8.53. The predicted octanol–water partition coefficient (Wildman–Crippen LogP) is 5.83. The monoisotopic (exact) mass is 495 g/mol. The van der Waals surface area contributed by atoms with E-state index in [9.17, 15) is 4.39 Å². The zero-order valence-electron chi connectivity index (χ0n) is 19.2. The van der Waals surface area contributed by atoms with Gasteiger partial charge in [0.2, 0.25) is 0 Å². The standard InChI is InChI=1S/C26H24ClF2N5O/c1-30-24-17-13-31-22(16-6-2-5-15-7-8-18(28)20(27)19(15)16)21(29)23(17)32-25(33-24)35-14-26-9-3-11-34(26)12-4-10-26/h2,5-8,13H,3-4,9-12,14H2,1H3,(H,30,32,33). The number of ether oxygens (including phenoxy) is 1. The normalized spacial score (nSPS) is 17.3. The van der Waals surface area contributed by atoms with E-state index in [4.69, 9.17) is 16.3 Å². The molecule has 2 saturated heterocycles. The van der Waals surface area contributed by atoms with Crippen LogP contribution < -0.4 is 10.1 Å². The van der Waals surface area contributed by atoms with Crippen LogP contribution >= 0.6 is 11.6 Å². The molecule has 0 spiro atoms. The smallest absolute Gasteiger partial charge is 0.319 e. The summed E-state index contributed by atoms with van der Waals surface area (Å²) < 4.78 is 36.3. The maximum absolute atomic E-state index is 16.0. The minimum atomic E-state index is -0.638. The lowest BCUT2D eigenvalue weighted by molar-refractivity contribution is 0.108. The van der Waals surface area contributed by atoms with Crippen LogP contribution in [0.2, 0.25) is 5.02 Å². The molecule has 0 amide bonds. The van der Waals surface area contributed by atoms with Crippen LogP contribution in [0.3, 0.4) is 0 Å². The Morgan fingerprint density at radius 1 is 1.11 bits per heavy atom. The minimum absolute atomic E-state index is 0.0177. The Labute approximate surface area is 206 Å². The van der Waals surface area contributed by atoms with Gasteiger partial charge in [0.25, 0.3) is 0 Å². The van der Waals surface area contributed by atoms with Crippen molar-refractivity contribution in [2.45, 2.75) is 31.2 Å². The third kappa shape index (κ3) is 3.58. The van der Waals surface area contributed by atoms with Crippen molar-refractivity contribution in [3.05, 3.63) is 53.2 Å². The van der Waals surface area contributed by atoms with Gasteiger partial charge in [0.05, 0.1) is 15.9 Å². The average Bonchev–Trinajstić information content (AvgIpc) is 3.45. The van der Waals surface area contributed by atoms with Gasteiger partial charge in [0.15, 0.2) is 5.82 Å². The first-order valence-electron chi connectivity index (χ1n) is 11.8. The molecule has 0 unspecified atom stereocenters. The number of rotatable bonds is 5. The van der Waals surface area contributed by atoms with Crippen molar-refractivity contribution in [3.63, 3.8) is 0 Å². The molecule has 0 bridgehead atoms. The summed E-state index contributed by atoms with van der Waals surface area (Å²) in [5.41, 5.74) is 0.536. The molecule has 1 N–H and O–H groups in total. The average molecular weight is 496 g/mol. The zero-order valence-corrected chi connectivity index (χ0v) is 20.0. The summed E-state index contributed by atoms with van der Waals surface area (Å²) in [5.74, 6) is -0.784. The van der Waals surface area contributed by atoms with Gasteiger partial charge in [-0.05, 0) is 50.2 Å². The molecule has 2 fully saturated rings. The molecule has 0 aliphatic carbocycles. The van der Waals surface area contributed by atoms with E-state index >= 15 is 4.39 Å². The predicted molar refractivity (Wildman–Crippen MR) is 133 cm³/mol. The molecule has 2 aromatic heterocycles. The van der Waals surface area contributed by atoms with E-state index in [-0.39, 0.29) is 27.8 Å². The third-order valence-corrected chi connectivity index (χ3v) is 7.74. The van der Waals surface area contributed by atoms with Crippen molar-refractivity contribution in [1.29, 1.82) is 0 Å². The van der Waals surface area contributed by atoms with Crippen LogP contribution in [0.4, 0.5) is 14.6 Å². The Morgan fingerprint density at radius 2 is 1.91 bits per heavy atom. The minimum Gasteiger partial charge on any atom is -0.461 e. The summed E-state index contributed by atoms with van der Waals surface area (Å²) in [6.45, 7) is 2.64. The fourth-order valence-electron chi connectivity index (χ4n) is 5.65. The Bertz CT molecular complexity index is 1450. The fraction of sp³-hybridized carbons (Fsp3) is 0.346. The van der Waals surface area contributed by atoms with E-state index in [1.807, 2.05) is 0 Å². The number of hydrogen-bond acceptors (Lipinski definition) is 6. The van der Waals surface area contributed by atoms with Crippen molar-refractivity contribution in [2.75, 3.05) is 32.1 Å². The van der Waals surface area contributed by atoms with Crippen molar-refractivity contribution < 1.29 is 13.5 Å². The lowest BCUT2D eigenvalue weighted by atomic mass is 9.95. The van der Waals surface area contributed by atoms with E-state index in [0.717, 1.165) is 38.8 Å². The first-order chi connectivity index (χ1) is 17.0. The highest BCUT2D eigenvalue weighted by Crippen LogP contribution is 2.40. The largest absolute Gasteiger partial charge is 0.461 e. The molecule has 9 heteroatoms. The molecule has 2 aromatic carbocycles. The van der Waals surface area contributed by atoms with Gasteiger partial charge in [-0.25, -0.2) is 8.78 Å². The number of fused-ring (bicyclic) bond motifs is 3. The van der Waals surface area contributed by atoms with Gasteiger partial charge in [0.1, 0.15) is 29.5 Å². The zero-order chi connectivity index (χ0) is 24.2. The first-order valence-corrected chi connectivity index (χ1v) is 12.2. The van der Waals surface area contributed by atoms with Crippen molar-refractivity contribution in [2.24, 2.45) is 0 Å². The van der Waals surface area contributed by atoms with E-state index in [1.165, 1.54) is 12.3 Å². The summed E-state index contributed by atoms with van der Waals surface area (Å²) in [6, 6.07) is 8.26. The van der Waals surface area contributed by atoms with Crippen LogP contribution in [0.5, 0.6) is 6.01 Å². The number of benzene rings is 2. The van der Waals surface area contributed by atoms with Gasteiger partial charge >= 0.3 is 6.01 Å². The molecular weight excluding hydrogens is 472 g/mol. The highest BCUT2D eigenvalue weighted by Gasteiger charge is 2.45. The molecule has 6 rings (SSSR count). The molecule has 0 radical (unpaired) electrons. The molecular formula is C26H24ClF2N5O. The van der Waals surface area contributed by atoms with Crippen LogP contribution in [-0.2, 0) is 0 Å². The van der Waals surface area contributed by atoms with Gasteiger partial charge in [-0.1, -0.05) is 35.9 Å². The molecule has 180 valence electrons. The number of pyridine rings is 1. The summed E-state index contributed by atoms with van der Waals surface area (Å²) in [7, 11) is 1.71. The van der Waals surface area contributed by atoms with Crippen LogP contribution in [0.15, 0.2) is 36.5 Å². The summed E-state index contributed by atoms with van der Waals surface area (Å²) >= 11 is 6.29. The van der Waals surface area contributed by atoms with E-state index < -0.39 is 11.6 Å². The Balaban J connectivity index is 1.45. The number of hydrogen-bond donors (Lipinski definition) is 1. The van der Waals surface area contributed by atoms with Crippen LogP contribution in [0.25, 0.3) is 32.9 Å². The van der Waals surface area contributed by atoms with Gasteiger partial charge < -0.3 is 10.1 Å². The summed E-state index contributed by atoms with van der Waals surface area (Å²) in [5, 5.41) is 4.45. The van der Waals surface area contributed by atoms with Crippen LogP contribution in [0.1, 0.15) is 25.7 Å². The quantitative estimate of drug-likeness (QED) is 0.376. The van der Waals surface area contributed by atoms with Crippen LogP contribution in [0, 0.1) is 11.6 Å². The highest BCUT2D eigenvalue weighted by atomic mass is 35.5. The number of nitrogens with one attached hydrogen (secondary N) is 1. The van der Waals surface area contributed by atoms with Crippen molar-refractivity contribution >= 4 is 39.1 Å². The van der Waals surface area contributed by atoms with E-state index in [0.29, 0.717) is 34.1 Å². The summed E-state index contributed by atoms with van der Waals surface area (Å²) in [4.78, 5) is 15.8. The number of anilines is 1. The molecule has 4 heterocycles. The molecule has 2 aliphatic heterocycles. The highest BCUT2D eigenvalue weighted by molar-refractivity contribution is 6.36. The SMILES string of the molecule is CNc1nc(OCC23CCCN2CCC3)nc2c(F)c(-c3cccc4ccc(F)c(Cl)c34)ncc12. The second-order valence-electron chi connectivity index (χ2n) is 9.26. The first kappa shape index (κ1) is 22.4. The van der Waals surface area contributed by atoms with Gasteiger partial charge in [-0.2, -0.15) is 9.97 Å². The Kier molecular flexibility index (Phi) is 5.45. The number of aromatic nitrogens is 3. The molecule has 2 aliphatic rings. The molecule has 6 nitrogen and oxygen atoms in total. The summed E-state index contributed by atoms with van der Waals surface area (Å²) in [6.07, 6.45) is 5.99. The molecule has 35 heavy (non-hydrogen) atoms. The number of halogens is 3. The Morgan fingerprint density at radius 3 is 2.69 bits per heavy atom. The lowest BCUT2D eigenvalue weighted by Gasteiger charge is -2.31. The third-order valence-electron chi connectivity index (χ3n) is 7.37. The van der Waals surface area contributed by atoms with E-state index in [1.54, 1.807) is 31.3 Å². The van der Waals surface area contributed by atoms with Gasteiger partial charge in [-0.3, -0.25) is 9.88 Å². The van der Waals surface area contributed by atoms with Crippen molar-refractivity contribution in [3.8, 4) is 17.3 Å². The number of nitrogens with zero attached hydrogens (tertiary/aromatic N) is 4. The molecule has 4 aromatic rings. The van der Waals surface area contributed by atoms with Crippen molar-refractivity contribution in [1.82, 2.24) is 19.9 Å². The lowest BCUT2D eigenvalue weighted by Crippen LogP contribution is -2.43. The topological polar surface area (TPSA) is 63.2 Å². The fourth-order valence-corrected chi connectivity index (χ4v) is 5.92. The maximum atomic E-state index is 16.0. The van der Waals surface area contributed by atoms with Gasteiger partial charge in [0, 0.05) is 24.2 Å². The molecule has 0 saturated carbocycles. The molecule has 0 atom stereocenters. The maximum Gasteiger partial charge on any atom is 0.319 e.